The number of carbonyl (C=O) groups is 1. The van der Waals surface area contributed by atoms with Gasteiger partial charge in [0.2, 0.25) is 0 Å². The van der Waals surface area contributed by atoms with Crippen molar-refractivity contribution >= 4 is 27.5 Å². The molecule has 0 aliphatic heterocycles. The van der Waals surface area contributed by atoms with E-state index in [2.05, 4.69) is 16.9 Å². The Morgan fingerprint density at radius 3 is 2.71 bits per heavy atom. The number of nitrogens with one attached hydrogen (secondary N) is 1. The molecular formula is C19H29N3O5S. The lowest BCUT2D eigenvalue weighted by Crippen LogP contribution is -2.36. The Balaban J connectivity index is 2.26. The van der Waals surface area contributed by atoms with E-state index < -0.39 is 12.1 Å². The minimum atomic E-state index is -0.610. The molecule has 0 aliphatic carbocycles. The highest BCUT2D eigenvalue weighted by Crippen LogP contribution is 2.27. The van der Waals surface area contributed by atoms with Gasteiger partial charge in [-0.15, -0.1) is 11.3 Å². The normalized spacial score (nSPS) is 12.6. The van der Waals surface area contributed by atoms with E-state index in [9.17, 15) is 14.7 Å². The highest BCUT2D eigenvalue weighted by Gasteiger charge is 2.21. The maximum atomic E-state index is 12.6. The summed E-state index contributed by atoms with van der Waals surface area (Å²) < 4.78 is 10.3. The molecule has 2 heterocycles. The van der Waals surface area contributed by atoms with Gasteiger partial charge in [0.25, 0.3) is 5.56 Å². The molecule has 156 valence electrons. The first-order valence-corrected chi connectivity index (χ1v) is 10.4. The van der Waals surface area contributed by atoms with Gasteiger partial charge in [0.15, 0.2) is 0 Å². The van der Waals surface area contributed by atoms with Crippen molar-refractivity contribution in [2.45, 2.75) is 46.8 Å². The van der Waals surface area contributed by atoms with Crippen LogP contribution >= 0.6 is 11.3 Å². The van der Waals surface area contributed by atoms with Gasteiger partial charge in [-0.2, -0.15) is 0 Å². The molecule has 0 unspecified atom stereocenters. The minimum absolute atomic E-state index is 0.268. The van der Waals surface area contributed by atoms with Crippen LogP contribution in [0.1, 0.15) is 48.3 Å². The summed E-state index contributed by atoms with van der Waals surface area (Å²) in [5, 5.41) is 10.6. The summed E-state index contributed by atoms with van der Waals surface area (Å²) in [4.78, 5) is 35.0. The number of rotatable bonds is 11. The van der Waals surface area contributed by atoms with Crippen molar-refractivity contribution in [3.8, 4) is 0 Å². The van der Waals surface area contributed by atoms with Crippen molar-refractivity contribution in [1.29, 1.82) is 0 Å². The second-order valence-electron chi connectivity index (χ2n) is 6.52. The van der Waals surface area contributed by atoms with Crippen LogP contribution in [0.2, 0.25) is 0 Å². The molecular weight excluding hydrogens is 382 g/mol. The SMILES string of the molecule is CCCN(Cc1nc2sc(C(=O)OCC)c(C)c2c(=O)[nH]1)C[C@@H](O)COCC. The third-order valence-electron chi connectivity index (χ3n) is 4.21. The van der Waals surface area contributed by atoms with Gasteiger partial charge in [-0.1, -0.05) is 6.92 Å². The van der Waals surface area contributed by atoms with E-state index in [1.54, 1.807) is 13.8 Å². The molecule has 0 spiro atoms. The second kappa shape index (κ2) is 10.7. The molecule has 2 aromatic heterocycles. The number of ether oxygens (including phenoxy) is 2. The summed E-state index contributed by atoms with van der Waals surface area (Å²) in [6.07, 6.45) is 0.292. The van der Waals surface area contributed by atoms with Crippen LogP contribution in [0.5, 0.6) is 0 Å². The van der Waals surface area contributed by atoms with Crippen LogP contribution in [-0.2, 0) is 16.0 Å². The number of aliphatic hydroxyl groups excluding tert-OH is 1. The molecule has 1 atom stereocenters. The number of fused-ring (bicyclic) bond motifs is 1. The van der Waals surface area contributed by atoms with Crippen LogP contribution in [0.4, 0.5) is 0 Å². The number of aliphatic hydroxyl groups is 1. The van der Waals surface area contributed by atoms with E-state index in [4.69, 9.17) is 9.47 Å². The standard InChI is InChI=1S/C19H29N3O5S/c1-5-8-22(9-13(23)11-26-6-2)10-14-20-17(24)15-12(4)16(19(25)27-7-3)28-18(15)21-14/h13,23H,5-11H2,1-4H3,(H,20,21,24)/t13-/m1/s1. The number of carbonyl (C=O) groups excluding carboxylic acids is 1. The number of thiophene rings is 1. The molecule has 0 saturated carbocycles. The molecule has 2 N–H and O–H groups in total. The summed E-state index contributed by atoms with van der Waals surface area (Å²) in [6, 6.07) is 0. The number of H-pyrrole nitrogens is 1. The van der Waals surface area contributed by atoms with Crippen LogP contribution in [-0.4, -0.2) is 65.0 Å². The van der Waals surface area contributed by atoms with Gasteiger partial charge in [-0.3, -0.25) is 9.69 Å². The second-order valence-corrected chi connectivity index (χ2v) is 7.52. The van der Waals surface area contributed by atoms with E-state index in [1.807, 2.05) is 11.8 Å². The number of aryl methyl sites for hydroxylation is 1. The zero-order valence-corrected chi connectivity index (χ0v) is 17.7. The number of nitrogens with zero attached hydrogens (tertiary/aromatic N) is 2. The monoisotopic (exact) mass is 411 g/mol. The molecule has 0 fully saturated rings. The molecule has 2 aromatic rings. The number of aromatic nitrogens is 2. The van der Waals surface area contributed by atoms with E-state index >= 15 is 0 Å². The van der Waals surface area contributed by atoms with Gasteiger partial charge in [-0.05, 0) is 39.3 Å². The Bertz CT molecular complexity index is 848. The Kier molecular flexibility index (Phi) is 8.56. The first-order valence-electron chi connectivity index (χ1n) is 9.58. The summed E-state index contributed by atoms with van der Waals surface area (Å²) in [6.45, 7) is 10.1. The topological polar surface area (TPSA) is 105 Å². The van der Waals surface area contributed by atoms with Gasteiger partial charge in [0.1, 0.15) is 15.5 Å². The van der Waals surface area contributed by atoms with Gasteiger partial charge < -0.3 is 19.6 Å². The summed E-state index contributed by atoms with van der Waals surface area (Å²) in [5.41, 5.74) is 0.326. The molecule has 0 amide bonds. The van der Waals surface area contributed by atoms with Gasteiger partial charge in [0.05, 0.1) is 31.2 Å². The van der Waals surface area contributed by atoms with Gasteiger partial charge >= 0.3 is 5.97 Å². The maximum absolute atomic E-state index is 12.6. The van der Waals surface area contributed by atoms with Crippen molar-refractivity contribution in [3.63, 3.8) is 0 Å². The Morgan fingerprint density at radius 2 is 2.07 bits per heavy atom. The van der Waals surface area contributed by atoms with Crippen molar-refractivity contribution in [2.75, 3.05) is 32.9 Å². The van der Waals surface area contributed by atoms with Crippen molar-refractivity contribution in [2.24, 2.45) is 0 Å². The Morgan fingerprint density at radius 1 is 1.32 bits per heavy atom. The smallest absolute Gasteiger partial charge is 0.348 e. The largest absolute Gasteiger partial charge is 0.462 e. The highest BCUT2D eigenvalue weighted by molar-refractivity contribution is 7.20. The fourth-order valence-corrected chi connectivity index (χ4v) is 4.12. The quantitative estimate of drug-likeness (QED) is 0.546. The molecule has 28 heavy (non-hydrogen) atoms. The number of esters is 1. The predicted molar refractivity (Wildman–Crippen MR) is 109 cm³/mol. The van der Waals surface area contributed by atoms with E-state index in [-0.39, 0.29) is 18.8 Å². The molecule has 0 bridgehead atoms. The van der Waals surface area contributed by atoms with Gasteiger partial charge in [-0.25, -0.2) is 9.78 Å². The van der Waals surface area contributed by atoms with Crippen LogP contribution in [0.3, 0.4) is 0 Å². The molecule has 9 heteroatoms. The average molecular weight is 412 g/mol. The van der Waals surface area contributed by atoms with Crippen molar-refractivity contribution in [3.05, 3.63) is 26.6 Å². The lowest BCUT2D eigenvalue weighted by Gasteiger charge is -2.24. The number of aromatic amines is 1. The van der Waals surface area contributed by atoms with E-state index in [0.29, 0.717) is 46.2 Å². The molecule has 0 radical (unpaired) electrons. The van der Waals surface area contributed by atoms with Crippen molar-refractivity contribution < 1.29 is 19.4 Å². The van der Waals surface area contributed by atoms with Crippen LogP contribution in [0, 0.1) is 6.92 Å². The minimum Gasteiger partial charge on any atom is -0.462 e. The molecule has 2 rings (SSSR count). The summed E-state index contributed by atoms with van der Waals surface area (Å²) in [5.74, 6) is 0.0711. The van der Waals surface area contributed by atoms with E-state index in [0.717, 1.165) is 13.0 Å². The fraction of sp³-hybridized carbons (Fsp3) is 0.632. The Hall–Kier alpha value is -1.81. The summed E-state index contributed by atoms with van der Waals surface area (Å²) in [7, 11) is 0. The molecule has 0 aliphatic rings. The van der Waals surface area contributed by atoms with Gasteiger partial charge in [0, 0.05) is 13.2 Å². The molecule has 0 saturated heterocycles. The van der Waals surface area contributed by atoms with Crippen LogP contribution in [0.15, 0.2) is 4.79 Å². The zero-order valence-electron chi connectivity index (χ0n) is 16.9. The highest BCUT2D eigenvalue weighted by atomic mass is 32.1. The molecule has 0 aromatic carbocycles. The first-order chi connectivity index (χ1) is 13.4. The maximum Gasteiger partial charge on any atom is 0.348 e. The lowest BCUT2D eigenvalue weighted by molar-refractivity contribution is 0.0192. The van der Waals surface area contributed by atoms with Crippen LogP contribution in [0.25, 0.3) is 10.2 Å². The number of hydrogen-bond acceptors (Lipinski definition) is 8. The average Bonchev–Trinajstić information content (AvgIpc) is 2.97. The lowest BCUT2D eigenvalue weighted by atomic mass is 10.2. The fourth-order valence-electron chi connectivity index (χ4n) is 3.02. The predicted octanol–water partition coefficient (Wildman–Crippen LogP) is 2.08. The van der Waals surface area contributed by atoms with E-state index in [1.165, 1.54) is 11.3 Å². The zero-order chi connectivity index (χ0) is 20.7. The van der Waals surface area contributed by atoms with Crippen LogP contribution < -0.4 is 5.56 Å². The number of hydrogen-bond donors (Lipinski definition) is 2. The third-order valence-corrected chi connectivity index (χ3v) is 5.37. The Labute approximate surface area is 168 Å². The first kappa shape index (κ1) is 22.5. The third kappa shape index (κ3) is 5.60. The molecule has 8 nitrogen and oxygen atoms in total. The summed E-state index contributed by atoms with van der Waals surface area (Å²) >= 11 is 1.17. The van der Waals surface area contributed by atoms with Crippen molar-refractivity contribution in [1.82, 2.24) is 14.9 Å².